The summed E-state index contributed by atoms with van der Waals surface area (Å²) in [7, 11) is 0. The molecule has 108 valence electrons. The van der Waals surface area contributed by atoms with Gasteiger partial charge in [-0.1, -0.05) is 11.2 Å². The van der Waals surface area contributed by atoms with Gasteiger partial charge in [-0.2, -0.15) is 0 Å². The number of amidine groups is 1. The van der Waals surface area contributed by atoms with E-state index in [2.05, 4.69) is 20.4 Å². The maximum absolute atomic E-state index is 12.1. The first-order valence-corrected chi connectivity index (χ1v) is 6.27. The minimum atomic E-state index is -0.320. The molecule has 1 amide bonds. The van der Waals surface area contributed by atoms with E-state index in [1.807, 2.05) is 25.1 Å². The van der Waals surface area contributed by atoms with Gasteiger partial charge in [0.1, 0.15) is 5.69 Å². The largest absolute Gasteiger partial charge is 0.409 e. The van der Waals surface area contributed by atoms with Crippen molar-refractivity contribution < 1.29 is 10.0 Å². The Labute approximate surface area is 121 Å². The molecule has 7 nitrogen and oxygen atoms in total. The van der Waals surface area contributed by atoms with Crippen LogP contribution in [0.1, 0.15) is 34.7 Å². The Balaban J connectivity index is 2.07. The SMILES string of the molecule is CC(NC(=O)c1ccc(C(N)=NO)cn1)c1ccccn1. The van der Waals surface area contributed by atoms with Crippen LogP contribution in [0.4, 0.5) is 0 Å². The molecule has 0 radical (unpaired) electrons. The fourth-order valence-corrected chi connectivity index (χ4v) is 1.71. The van der Waals surface area contributed by atoms with Crippen LogP contribution >= 0.6 is 0 Å². The van der Waals surface area contributed by atoms with E-state index in [0.717, 1.165) is 5.69 Å². The lowest BCUT2D eigenvalue weighted by molar-refractivity contribution is 0.0934. The molecule has 0 aliphatic carbocycles. The highest BCUT2D eigenvalue weighted by molar-refractivity contribution is 5.98. The second-order valence-electron chi connectivity index (χ2n) is 4.37. The quantitative estimate of drug-likeness (QED) is 0.336. The molecule has 0 aliphatic rings. The third kappa shape index (κ3) is 3.53. The molecular weight excluding hydrogens is 270 g/mol. The zero-order valence-corrected chi connectivity index (χ0v) is 11.4. The number of hydrogen-bond donors (Lipinski definition) is 3. The van der Waals surface area contributed by atoms with Crippen molar-refractivity contribution in [2.75, 3.05) is 0 Å². The predicted molar refractivity (Wildman–Crippen MR) is 76.9 cm³/mol. The molecule has 0 aromatic carbocycles. The molecule has 2 rings (SSSR count). The molecule has 0 saturated heterocycles. The van der Waals surface area contributed by atoms with Crippen molar-refractivity contribution >= 4 is 11.7 Å². The summed E-state index contributed by atoms with van der Waals surface area (Å²) in [6, 6.07) is 8.33. The van der Waals surface area contributed by atoms with Crippen molar-refractivity contribution in [1.29, 1.82) is 0 Å². The summed E-state index contributed by atoms with van der Waals surface area (Å²) in [5, 5.41) is 14.2. The number of carbonyl (C=O) groups excluding carboxylic acids is 1. The van der Waals surface area contributed by atoms with Crippen LogP contribution in [0.3, 0.4) is 0 Å². The molecular formula is C14H15N5O2. The second-order valence-corrected chi connectivity index (χ2v) is 4.37. The van der Waals surface area contributed by atoms with Crippen LogP contribution in [0.25, 0.3) is 0 Å². The highest BCUT2D eigenvalue weighted by Crippen LogP contribution is 2.09. The van der Waals surface area contributed by atoms with Gasteiger partial charge in [0.15, 0.2) is 5.84 Å². The number of carbonyl (C=O) groups is 1. The van der Waals surface area contributed by atoms with E-state index < -0.39 is 0 Å². The summed E-state index contributed by atoms with van der Waals surface area (Å²) in [5.74, 6) is -0.379. The van der Waals surface area contributed by atoms with Gasteiger partial charge >= 0.3 is 0 Å². The van der Waals surface area contributed by atoms with Crippen LogP contribution in [-0.4, -0.2) is 26.9 Å². The van der Waals surface area contributed by atoms with Crippen LogP contribution in [0.2, 0.25) is 0 Å². The molecule has 21 heavy (non-hydrogen) atoms. The van der Waals surface area contributed by atoms with Gasteiger partial charge < -0.3 is 16.3 Å². The Morgan fingerprint density at radius 1 is 1.33 bits per heavy atom. The van der Waals surface area contributed by atoms with E-state index in [1.165, 1.54) is 12.3 Å². The Morgan fingerprint density at radius 3 is 2.71 bits per heavy atom. The predicted octanol–water partition coefficient (Wildman–Crippen LogP) is 1.06. The van der Waals surface area contributed by atoms with Gasteiger partial charge in [-0.25, -0.2) is 0 Å². The number of rotatable bonds is 4. The van der Waals surface area contributed by atoms with Gasteiger partial charge in [-0.15, -0.1) is 0 Å². The third-order valence-electron chi connectivity index (χ3n) is 2.88. The average Bonchev–Trinajstić information content (AvgIpc) is 2.55. The van der Waals surface area contributed by atoms with Crippen molar-refractivity contribution in [2.24, 2.45) is 10.9 Å². The van der Waals surface area contributed by atoms with Crippen LogP contribution in [0, 0.1) is 0 Å². The normalized spacial score (nSPS) is 12.7. The van der Waals surface area contributed by atoms with Gasteiger partial charge in [0.05, 0.1) is 11.7 Å². The lowest BCUT2D eigenvalue weighted by Gasteiger charge is -2.12. The molecule has 4 N–H and O–H groups in total. The van der Waals surface area contributed by atoms with Crippen molar-refractivity contribution in [3.63, 3.8) is 0 Å². The van der Waals surface area contributed by atoms with Crippen LogP contribution in [0.5, 0.6) is 0 Å². The first kappa shape index (κ1) is 14.4. The van der Waals surface area contributed by atoms with Gasteiger partial charge in [-0.3, -0.25) is 14.8 Å². The van der Waals surface area contributed by atoms with E-state index in [4.69, 9.17) is 10.9 Å². The maximum Gasteiger partial charge on any atom is 0.270 e. The van der Waals surface area contributed by atoms with Gasteiger partial charge in [0, 0.05) is 18.0 Å². The lowest BCUT2D eigenvalue weighted by atomic mass is 10.2. The van der Waals surface area contributed by atoms with Gasteiger partial charge in [-0.05, 0) is 31.2 Å². The van der Waals surface area contributed by atoms with Crippen LogP contribution in [0.15, 0.2) is 47.9 Å². The molecule has 1 unspecified atom stereocenters. The Bertz CT molecular complexity index is 640. The molecule has 0 spiro atoms. The highest BCUT2D eigenvalue weighted by Gasteiger charge is 2.13. The fraction of sp³-hybridized carbons (Fsp3) is 0.143. The minimum Gasteiger partial charge on any atom is -0.409 e. The molecule has 7 heteroatoms. The molecule has 0 bridgehead atoms. The number of hydrogen-bond acceptors (Lipinski definition) is 5. The monoisotopic (exact) mass is 285 g/mol. The number of oxime groups is 1. The van der Waals surface area contributed by atoms with Crippen LogP contribution < -0.4 is 11.1 Å². The number of nitrogens with one attached hydrogen (secondary N) is 1. The summed E-state index contributed by atoms with van der Waals surface area (Å²) in [4.78, 5) is 20.2. The summed E-state index contributed by atoms with van der Waals surface area (Å²) in [6.45, 7) is 1.84. The molecule has 2 aromatic rings. The van der Waals surface area contributed by atoms with E-state index in [-0.39, 0.29) is 23.5 Å². The topological polar surface area (TPSA) is 113 Å². The number of amides is 1. The van der Waals surface area contributed by atoms with Crippen molar-refractivity contribution in [3.8, 4) is 0 Å². The number of nitrogens with two attached hydrogens (primary N) is 1. The summed E-state index contributed by atoms with van der Waals surface area (Å²) >= 11 is 0. The molecule has 0 fully saturated rings. The zero-order chi connectivity index (χ0) is 15.2. The Hall–Kier alpha value is -2.96. The van der Waals surface area contributed by atoms with Crippen molar-refractivity contribution in [1.82, 2.24) is 15.3 Å². The first-order chi connectivity index (χ1) is 10.1. The summed E-state index contributed by atoms with van der Waals surface area (Å²) in [6.07, 6.45) is 3.04. The number of pyridine rings is 2. The molecule has 1 atom stereocenters. The summed E-state index contributed by atoms with van der Waals surface area (Å²) < 4.78 is 0. The van der Waals surface area contributed by atoms with E-state index in [0.29, 0.717) is 5.56 Å². The van der Waals surface area contributed by atoms with E-state index in [1.54, 1.807) is 12.3 Å². The molecule has 2 heterocycles. The Kier molecular flexibility index (Phi) is 4.45. The second kappa shape index (κ2) is 6.47. The van der Waals surface area contributed by atoms with Gasteiger partial charge in [0.2, 0.25) is 0 Å². The minimum absolute atomic E-state index is 0.0590. The average molecular weight is 285 g/mol. The first-order valence-electron chi connectivity index (χ1n) is 6.27. The fourth-order valence-electron chi connectivity index (χ4n) is 1.71. The standard InChI is InChI=1S/C14H15N5O2/c1-9(11-4-2-3-7-16-11)18-14(20)12-6-5-10(8-17-12)13(15)19-21/h2-9,21H,1H3,(H2,15,19)(H,18,20). The molecule has 0 saturated carbocycles. The molecule has 0 aliphatic heterocycles. The van der Waals surface area contributed by atoms with Crippen LogP contribution in [-0.2, 0) is 0 Å². The number of aromatic nitrogens is 2. The van der Waals surface area contributed by atoms with Crippen molar-refractivity contribution in [3.05, 3.63) is 59.7 Å². The third-order valence-corrected chi connectivity index (χ3v) is 2.88. The molecule has 2 aromatic heterocycles. The lowest BCUT2D eigenvalue weighted by Crippen LogP contribution is -2.28. The smallest absolute Gasteiger partial charge is 0.270 e. The highest BCUT2D eigenvalue weighted by atomic mass is 16.4. The van der Waals surface area contributed by atoms with Gasteiger partial charge in [0.25, 0.3) is 5.91 Å². The van der Waals surface area contributed by atoms with Crippen molar-refractivity contribution in [2.45, 2.75) is 13.0 Å². The zero-order valence-electron chi connectivity index (χ0n) is 11.4. The maximum atomic E-state index is 12.1. The number of nitrogens with zero attached hydrogens (tertiary/aromatic N) is 3. The summed E-state index contributed by atoms with van der Waals surface area (Å²) in [5.41, 5.74) is 6.87. The van der Waals surface area contributed by atoms with E-state index in [9.17, 15) is 4.79 Å². The van der Waals surface area contributed by atoms with E-state index >= 15 is 0 Å². The Morgan fingerprint density at radius 2 is 2.14 bits per heavy atom.